The number of nitrogens with one attached hydrogen (secondary N) is 2. The van der Waals surface area contributed by atoms with E-state index < -0.39 is 0 Å². The maximum absolute atomic E-state index is 12.8. The lowest BCUT2D eigenvalue weighted by Gasteiger charge is -2.22. The molecule has 6 heteroatoms. The third kappa shape index (κ3) is 4.32. The van der Waals surface area contributed by atoms with Crippen molar-refractivity contribution in [3.05, 3.63) is 58.0 Å². The zero-order valence-electron chi connectivity index (χ0n) is 17.7. The normalized spacial score (nSPS) is 18.1. The average molecular weight is 408 g/mol. The maximum atomic E-state index is 12.8. The molecule has 1 fully saturated rings. The zero-order chi connectivity index (χ0) is 21.1. The number of furan rings is 1. The van der Waals surface area contributed by atoms with Crippen molar-refractivity contribution in [2.75, 3.05) is 0 Å². The molecule has 0 atom stereocenters. The highest BCUT2D eigenvalue weighted by Crippen LogP contribution is 2.30. The van der Waals surface area contributed by atoms with Gasteiger partial charge in [-0.1, -0.05) is 37.0 Å². The van der Waals surface area contributed by atoms with E-state index in [0.29, 0.717) is 11.3 Å². The van der Waals surface area contributed by atoms with Crippen LogP contribution in [-0.2, 0) is 6.42 Å². The Morgan fingerprint density at radius 2 is 1.83 bits per heavy atom. The second-order valence-electron chi connectivity index (χ2n) is 8.39. The van der Waals surface area contributed by atoms with Gasteiger partial charge in [0.05, 0.1) is 5.71 Å². The smallest absolute Gasteiger partial charge is 0.287 e. The fourth-order valence-corrected chi connectivity index (χ4v) is 4.46. The van der Waals surface area contributed by atoms with Crippen LogP contribution in [0.25, 0.3) is 0 Å². The van der Waals surface area contributed by atoms with Gasteiger partial charge in [-0.15, -0.1) is 0 Å². The summed E-state index contributed by atoms with van der Waals surface area (Å²) in [6, 6.07) is 7.64. The number of rotatable bonds is 4. The van der Waals surface area contributed by atoms with E-state index in [1.807, 2.05) is 32.0 Å². The fourth-order valence-electron chi connectivity index (χ4n) is 4.46. The first-order chi connectivity index (χ1) is 14.5. The molecule has 2 aliphatic carbocycles. The minimum Gasteiger partial charge on any atom is -0.455 e. The van der Waals surface area contributed by atoms with Gasteiger partial charge in [0.2, 0.25) is 0 Å². The Morgan fingerprint density at radius 1 is 1.03 bits per heavy atom. The number of aryl methyl sites for hydroxylation is 2. The number of amides is 2. The Labute approximate surface area is 177 Å². The van der Waals surface area contributed by atoms with Gasteiger partial charge in [0.1, 0.15) is 5.76 Å². The Bertz CT molecular complexity index is 984. The van der Waals surface area contributed by atoms with Gasteiger partial charge in [-0.3, -0.25) is 9.59 Å². The van der Waals surface area contributed by atoms with Crippen molar-refractivity contribution in [3.8, 4) is 0 Å². The minimum absolute atomic E-state index is 0.142. The molecular weight excluding hydrogens is 378 g/mol. The van der Waals surface area contributed by atoms with Crippen LogP contribution < -0.4 is 10.7 Å². The predicted octanol–water partition coefficient (Wildman–Crippen LogP) is 4.43. The SMILES string of the molecule is Cc1cccc(C(=O)N/N=C2\CCCc3oc(C(=O)NC4CCCCC4)c(C)c32)c1. The van der Waals surface area contributed by atoms with Crippen LogP contribution in [0.3, 0.4) is 0 Å². The molecule has 1 heterocycles. The lowest BCUT2D eigenvalue weighted by molar-refractivity contribution is 0.0896. The molecule has 1 saturated carbocycles. The van der Waals surface area contributed by atoms with Crippen molar-refractivity contribution in [3.63, 3.8) is 0 Å². The van der Waals surface area contributed by atoms with E-state index in [9.17, 15) is 9.59 Å². The van der Waals surface area contributed by atoms with E-state index in [1.165, 1.54) is 6.42 Å². The van der Waals surface area contributed by atoms with E-state index in [4.69, 9.17) is 4.42 Å². The van der Waals surface area contributed by atoms with Gasteiger partial charge in [0.25, 0.3) is 11.8 Å². The molecule has 1 aromatic heterocycles. The van der Waals surface area contributed by atoms with Gasteiger partial charge in [-0.2, -0.15) is 5.10 Å². The van der Waals surface area contributed by atoms with Crippen molar-refractivity contribution in [2.45, 2.75) is 71.3 Å². The van der Waals surface area contributed by atoms with Crippen LogP contribution in [0.4, 0.5) is 0 Å². The summed E-state index contributed by atoms with van der Waals surface area (Å²) in [7, 11) is 0. The van der Waals surface area contributed by atoms with Gasteiger partial charge >= 0.3 is 0 Å². The largest absolute Gasteiger partial charge is 0.455 e. The number of hydrogen-bond acceptors (Lipinski definition) is 4. The van der Waals surface area contributed by atoms with E-state index in [-0.39, 0.29) is 17.9 Å². The van der Waals surface area contributed by atoms with Crippen molar-refractivity contribution in [2.24, 2.45) is 5.10 Å². The molecule has 0 aliphatic heterocycles. The van der Waals surface area contributed by atoms with Crippen LogP contribution in [0.5, 0.6) is 0 Å². The molecule has 0 spiro atoms. The summed E-state index contributed by atoms with van der Waals surface area (Å²) in [6.07, 6.45) is 8.03. The summed E-state index contributed by atoms with van der Waals surface area (Å²) in [4.78, 5) is 25.3. The topological polar surface area (TPSA) is 83.7 Å². The molecule has 0 bridgehead atoms. The average Bonchev–Trinajstić information content (AvgIpc) is 3.10. The van der Waals surface area contributed by atoms with Crippen LogP contribution in [-0.4, -0.2) is 23.6 Å². The summed E-state index contributed by atoms with van der Waals surface area (Å²) < 4.78 is 5.97. The molecule has 1 aromatic carbocycles. The summed E-state index contributed by atoms with van der Waals surface area (Å²) in [6.45, 7) is 3.85. The van der Waals surface area contributed by atoms with Crippen LogP contribution in [0.15, 0.2) is 33.8 Å². The van der Waals surface area contributed by atoms with E-state index in [2.05, 4.69) is 15.8 Å². The van der Waals surface area contributed by atoms with Crippen LogP contribution in [0.1, 0.15) is 88.3 Å². The summed E-state index contributed by atoms with van der Waals surface area (Å²) >= 11 is 0. The first kappa shape index (κ1) is 20.4. The fraction of sp³-hybridized carbons (Fsp3) is 0.458. The zero-order valence-corrected chi connectivity index (χ0v) is 17.7. The van der Waals surface area contributed by atoms with Gasteiger partial charge in [-0.05, 0) is 51.7 Å². The predicted molar refractivity (Wildman–Crippen MR) is 116 cm³/mol. The molecular formula is C24H29N3O3. The summed E-state index contributed by atoms with van der Waals surface area (Å²) in [5.74, 6) is 0.785. The van der Waals surface area contributed by atoms with Crippen LogP contribution in [0.2, 0.25) is 0 Å². The van der Waals surface area contributed by atoms with Crippen molar-refractivity contribution < 1.29 is 14.0 Å². The molecule has 2 aromatic rings. The molecule has 2 amide bonds. The molecule has 6 nitrogen and oxygen atoms in total. The Hall–Kier alpha value is -2.89. The monoisotopic (exact) mass is 407 g/mol. The molecule has 0 unspecified atom stereocenters. The Balaban J connectivity index is 1.52. The highest BCUT2D eigenvalue weighted by molar-refractivity contribution is 6.07. The molecule has 2 N–H and O–H groups in total. The first-order valence-electron chi connectivity index (χ1n) is 10.9. The highest BCUT2D eigenvalue weighted by atomic mass is 16.4. The number of fused-ring (bicyclic) bond motifs is 1. The van der Waals surface area contributed by atoms with Gasteiger partial charge < -0.3 is 9.73 Å². The quantitative estimate of drug-likeness (QED) is 0.736. The van der Waals surface area contributed by atoms with E-state index in [1.54, 1.807) is 6.07 Å². The van der Waals surface area contributed by atoms with Crippen molar-refractivity contribution >= 4 is 17.5 Å². The number of hydrogen-bond donors (Lipinski definition) is 2. The molecule has 30 heavy (non-hydrogen) atoms. The number of nitrogens with zero attached hydrogens (tertiary/aromatic N) is 1. The molecule has 158 valence electrons. The Kier molecular flexibility index (Phi) is 6.02. The molecule has 0 saturated heterocycles. The van der Waals surface area contributed by atoms with Crippen molar-refractivity contribution in [1.82, 2.24) is 10.7 Å². The lowest BCUT2D eigenvalue weighted by atomic mass is 9.93. The van der Waals surface area contributed by atoms with E-state index >= 15 is 0 Å². The Morgan fingerprint density at radius 3 is 2.60 bits per heavy atom. The number of carbonyl (C=O) groups is 2. The van der Waals surface area contributed by atoms with E-state index in [0.717, 1.165) is 73.1 Å². The number of carbonyl (C=O) groups excluding carboxylic acids is 2. The minimum atomic E-state index is -0.241. The van der Waals surface area contributed by atoms with Crippen LogP contribution >= 0.6 is 0 Å². The lowest BCUT2D eigenvalue weighted by Crippen LogP contribution is -2.36. The third-order valence-electron chi connectivity index (χ3n) is 6.04. The molecule has 2 aliphatic rings. The second kappa shape index (κ2) is 8.86. The van der Waals surface area contributed by atoms with Crippen molar-refractivity contribution in [1.29, 1.82) is 0 Å². The second-order valence-corrected chi connectivity index (χ2v) is 8.39. The van der Waals surface area contributed by atoms with Crippen LogP contribution in [0, 0.1) is 13.8 Å². The summed E-state index contributed by atoms with van der Waals surface area (Å²) in [5.41, 5.74) is 6.73. The van der Waals surface area contributed by atoms with Gasteiger partial charge in [0.15, 0.2) is 5.76 Å². The van der Waals surface area contributed by atoms with Gasteiger partial charge in [-0.25, -0.2) is 5.43 Å². The highest BCUT2D eigenvalue weighted by Gasteiger charge is 2.29. The number of benzene rings is 1. The maximum Gasteiger partial charge on any atom is 0.287 e. The summed E-state index contributed by atoms with van der Waals surface area (Å²) in [5, 5.41) is 7.54. The third-order valence-corrected chi connectivity index (χ3v) is 6.04. The number of hydrazone groups is 1. The molecule has 4 rings (SSSR count). The standard InChI is InChI=1S/C24H29N3O3/c1-15-8-6-9-17(14-15)23(28)27-26-19-12-7-13-20-21(19)16(2)22(30-20)24(29)25-18-10-4-3-5-11-18/h6,8-9,14,18H,3-5,7,10-13H2,1-2H3,(H,25,29)(H,27,28)/b26-19+. The van der Waals surface area contributed by atoms with Gasteiger partial charge in [0, 0.05) is 29.2 Å². The molecule has 0 radical (unpaired) electrons. The first-order valence-corrected chi connectivity index (χ1v) is 10.9.